The van der Waals surface area contributed by atoms with Gasteiger partial charge in [-0.05, 0) is 6.92 Å². The van der Waals surface area contributed by atoms with Crippen LogP contribution in [0.1, 0.15) is 13.3 Å². The number of esters is 1. The average molecular weight is 550 g/mol. The molecule has 0 spiro atoms. The summed E-state index contributed by atoms with van der Waals surface area (Å²) in [4.78, 5) is 10.8. The number of halogens is 18. The maximum atomic E-state index is 13.5. The van der Waals surface area contributed by atoms with Gasteiger partial charge in [0.2, 0.25) is 0 Å². The molecule has 0 amide bonds. The lowest BCUT2D eigenvalue weighted by atomic mass is 9.89. The molecule has 20 heteroatoms. The van der Waals surface area contributed by atoms with Gasteiger partial charge in [-0.2, -0.15) is 74.6 Å². The lowest BCUT2D eigenvalue weighted by Gasteiger charge is -2.42. The second-order valence-electron chi connectivity index (χ2n) is 6.47. The molecule has 0 aliphatic carbocycles. The van der Waals surface area contributed by atoms with Crippen molar-refractivity contribution in [3.05, 3.63) is 12.2 Å². The third-order valence-electron chi connectivity index (χ3n) is 3.73. The highest BCUT2D eigenvalue weighted by Crippen LogP contribution is 2.63. The summed E-state index contributed by atoms with van der Waals surface area (Å²) in [5, 5.41) is 0. The largest absolute Gasteiger partial charge is 0.473 e. The van der Waals surface area contributed by atoms with Crippen molar-refractivity contribution >= 4 is 5.97 Å². The van der Waals surface area contributed by atoms with Gasteiger partial charge in [-0.3, -0.25) is 0 Å². The molecule has 0 aliphatic rings. The number of carbonyl (C=O) groups is 1. The molecule has 0 saturated carbocycles. The van der Waals surface area contributed by atoms with E-state index in [1.165, 1.54) is 0 Å². The van der Waals surface area contributed by atoms with Crippen LogP contribution in [0.15, 0.2) is 12.2 Å². The second-order valence-corrected chi connectivity index (χ2v) is 6.47. The number of alkyl halides is 18. The fraction of sp³-hybridized carbons (Fsp3) is 0.786. The Hall–Kier alpha value is -2.05. The van der Waals surface area contributed by atoms with Crippen LogP contribution in [0.25, 0.3) is 0 Å². The van der Waals surface area contributed by atoms with E-state index < -0.39 is 72.0 Å². The first kappa shape index (κ1) is 31.9. The summed E-state index contributed by atoms with van der Waals surface area (Å²) in [6.07, 6.45) is -22.7. The number of rotatable bonds is 10. The molecule has 2 nitrogen and oxygen atoms in total. The standard InChI is InChI=1S/C14H8F18O2/c1-4(2)6(33)34-14(31,32)13(29,30)12(27,28)11(25,26)10(23,24)9(21,22)8(19,20)5(15)3-7(16,17)18/h5H,1,3H2,2H3. The molecule has 0 heterocycles. The van der Waals surface area contributed by atoms with E-state index in [-0.39, 0.29) is 0 Å². The van der Waals surface area contributed by atoms with E-state index in [0.717, 1.165) is 0 Å². The van der Waals surface area contributed by atoms with E-state index in [0.29, 0.717) is 6.92 Å². The molecule has 0 aromatic carbocycles. The van der Waals surface area contributed by atoms with E-state index >= 15 is 0 Å². The molecule has 0 bridgehead atoms. The third-order valence-corrected chi connectivity index (χ3v) is 3.73. The fourth-order valence-corrected chi connectivity index (χ4v) is 1.78. The molecule has 34 heavy (non-hydrogen) atoms. The van der Waals surface area contributed by atoms with Crippen LogP contribution in [-0.2, 0) is 9.53 Å². The molecule has 202 valence electrons. The van der Waals surface area contributed by atoms with E-state index in [2.05, 4.69) is 11.3 Å². The van der Waals surface area contributed by atoms with Crippen LogP contribution in [0.3, 0.4) is 0 Å². The minimum Gasteiger partial charge on any atom is -0.393 e. The normalized spacial score (nSPS) is 16.3. The molecule has 1 unspecified atom stereocenters. The maximum Gasteiger partial charge on any atom is 0.473 e. The van der Waals surface area contributed by atoms with E-state index in [1.54, 1.807) is 0 Å². The van der Waals surface area contributed by atoms with Crippen LogP contribution in [0, 0.1) is 0 Å². The quantitative estimate of drug-likeness (QED) is 0.170. The Morgan fingerprint density at radius 1 is 0.676 bits per heavy atom. The summed E-state index contributed by atoms with van der Waals surface area (Å²) in [5.41, 5.74) is -1.30. The SMILES string of the molecule is C=C(C)C(=O)OC(F)(F)C(F)(F)C(F)(F)C(F)(F)C(F)(F)C(F)(F)C(F)(F)C(F)CC(F)(F)F. The molecule has 0 aromatic rings. The molecule has 0 radical (unpaired) electrons. The van der Waals surface area contributed by atoms with Gasteiger partial charge in [0.25, 0.3) is 0 Å². The van der Waals surface area contributed by atoms with Gasteiger partial charge in [0.15, 0.2) is 6.17 Å². The van der Waals surface area contributed by atoms with Gasteiger partial charge < -0.3 is 4.74 Å². The predicted molar refractivity (Wildman–Crippen MR) is 71.1 cm³/mol. The zero-order valence-corrected chi connectivity index (χ0v) is 15.6. The number of hydrogen-bond acceptors (Lipinski definition) is 2. The zero-order chi connectivity index (χ0) is 28.1. The van der Waals surface area contributed by atoms with Gasteiger partial charge in [0, 0.05) is 5.57 Å². The smallest absolute Gasteiger partial charge is 0.393 e. The fourth-order valence-electron chi connectivity index (χ4n) is 1.78. The Balaban J connectivity index is 6.64. The summed E-state index contributed by atoms with van der Waals surface area (Å²) < 4.78 is 239. The van der Waals surface area contributed by atoms with Crippen molar-refractivity contribution in [1.29, 1.82) is 0 Å². The summed E-state index contributed by atoms with van der Waals surface area (Å²) in [5.74, 6) is -52.5. The van der Waals surface area contributed by atoms with Gasteiger partial charge in [-0.1, -0.05) is 6.58 Å². The Morgan fingerprint density at radius 2 is 1.00 bits per heavy atom. The van der Waals surface area contributed by atoms with Crippen molar-refractivity contribution in [2.75, 3.05) is 0 Å². The van der Waals surface area contributed by atoms with Crippen molar-refractivity contribution in [2.45, 2.75) is 67.3 Å². The maximum absolute atomic E-state index is 13.5. The molecule has 1 atom stereocenters. The van der Waals surface area contributed by atoms with Crippen LogP contribution in [-0.4, -0.2) is 60.0 Å². The lowest BCUT2D eigenvalue weighted by molar-refractivity contribution is -0.463. The second kappa shape index (κ2) is 8.56. The topological polar surface area (TPSA) is 26.3 Å². The molecule has 0 rings (SSSR count). The van der Waals surface area contributed by atoms with Gasteiger partial charge in [-0.25, -0.2) is 9.18 Å². The first-order chi connectivity index (χ1) is 14.5. The summed E-state index contributed by atoms with van der Waals surface area (Å²) >= 11 is 0. The van der Waals surface area contributed by atoms with E-state index in [4.69, 9.17) is 0 Å². The lowest BCUT2D eigenvalue weighted by Crippen LogP contribution is -2.74. The summed E-state index contributed by atoms with van der Waals surface area (Å²) in [6, 6.07) is 0. The molecule has 0 N–H and O–H groups in total. The van der Waals surface area contributed by atoms with Gasteiger partial charge >= 0.3 is 53.8 Å². The Labute approximate surface area is 175 Å². The zero-order valence-electron chi connectivity index (χ0n) is 15.6. The molecule has 0 saturated heterocycles. The minimum atomic E-state index is -8.67. The molecule has 0 aromatic heterocycles. The minimum absolute atomic E-state index is 0.383. The van der Waals surface area contributed by atoms with E-state index in [9.17, 15) is 83.8 Å². The van der Waals surface area contributed by atoms with Crippen LogP contribution in [0.5, 0.6) is 0 Å². The van der Waals surface area contributed by atoms with Crippen LogP contribution in [0.4, 0.5) is 79.0 Å². The number of carbonyl (C=O) groups excluding carboxylic acids is 1. The number of hydrogen-bond donors (Lipinski definition) is 0. The molecular formula is C14H8F18O2. The monoisotopic (exact) mass is 550 g/mol. The van der Waals surface area contributed by atoms with Crippen molar-refractivity contribution < 1.29 is 88.6 Å². The molecule has 0 aliphatic heterocycles. The first-order valence-electron chi connectivity index (χ1n) is 7.70. The molecular weight excluding hydrogens is 542 g/mol. The number of ether oxygens (including phenoxy) is 1. The Morgan fingerprint density at radius 3 is 1.32 bits per heavy atom. The summed E-state index contributed by atoms with van der Waals surface area (Å²) in [6.45, 7) is 2.85. The van der Waals surface area contributed by atoms with Gasteiger partial charge in [0.05, 0.1) is 6.42 Å². The first-order valence-corrected chi connectivity index (χ1v) is 7.70. The van der Waals surface area contributed by atoms with Crippen molar-refractivity contribution in [1.82, 2.24) is 0 Å². The third kappa shape index (κ3) is 4.85. The van der Waals surface area contributed by atoms with Crippen LogP contribution < -0.4 is 0 Å². The highest BCUT2D eigenvalue weighted by molar-refractivity contribution is 5.87. The molecule has 0 fully saturated rings. The highest BCUT2D eigenvalue weighted by atomic mass is 19.4. The van der Waals surface area contributed by atoms with Gasteiger partial charge in [0.1, 0.15) is 0 Å². The van der Waals surface area contributed by atoms with Crippen LogP contribution in [0.2, 0.25) is 0 Å². The summed E-state index contributed by atoms with van der Waals surface area (Å²) in [7, 11) is 0. The van der Waals surface area contributed by atoms with Gasteiger partial charge in [-0.15, -0.1) is 0 Å². The average Bonchev–Trinajstić information content (AvgIpc) is 2.58. The Kier molecular flexibility index (Phi) is 8.04. The Bertz CT molecular complexity index is 780. The van der Waals surface area contributed by atoms with Crippen LogP contribution >= 0.6 is 0 Å². The van der Waals surface area contributed by atoms with Crippen molar-refractivity contribution in [2.24, 2.45) is 0 Å². The van der Waals surface area contributed by atoms with E-state index in [1.807, 2.05) is 0 Å². The predicted octanol–water partition coefficient (Wildman–Crippen LogP) is 6.80. The highest BCUT2D eigenvalue weighted by Gasteiger charge is 2.94. The van der Waals surface area contributed by atoms with Crippen molar-refractivity contribution in [3.63, 3.8) is 0 Å². The van der Waals surface area contributed by atoms with Crippen molar-refractivity contribution in [3.8, 4) is 0 Å².